The summed E-state index contributed by atoms with van der Waals surface area (Å²) in [7, 11) is 0. The maximum atomic E-state index is 6.26. The van der Waals surface area contributed by atoms with Crippen molar-refractivity contribution < 1.29 is 4.42 Å². The van der Waals surface area contributed by atoms with Crippen LogP contribution in [0.15, 0.2) is 77.2 Å². The van der Waals surface area contributed by atoms with E-state index in [1.165, 1.54) is 0 Å². The number of nitrogens with one attached hydrogen (secondary N) is 1. The topological polar surface area (TPSA) is 51.2 Å². The second-order valence-electron chi connectivity index (χ2n) is 5.34. The van der Waals surface area contributed by atoms with Crippen molar-refractivity contribution in [3.8, 4) is 0 Å². The van der Waals surface area contributed by atoms with E-state index < -0.39 is 0 Å². The lowest BCUT2D eigenvalue weighted by molar-refractivity contribution is 0.667. The van der Waals surface area contributed by atoms with Crippen LogP contribution in [0.2, 0.25) is 0 Å². The molecule has 3 nitrogen and oxygen atoms in total. The molecule has 1 unspecified atom stereocenters. The van der Waals surface area contributed by atoms with Gasteiger partial charge in [-0.1, -0.05) is 48.5 Å². The van der Waals surface area contributed by atoms with Crippen molar-refractivity contribution in [1.82, 2.24) is 0 Å². The highest BCUT2D eigenvalue weighted by Crippen LogP contribution is 2.30. The second-order valence-corrected chi connectivity index (χ2v) is 5.34. The van der Waals surface area contributed by atoms with Crippen LogP contribution < -0.4 is 11.1 Å². The van der Waals surface area contributed by atoms with E-state index in [0.29, 0.717) is 0 Å². The van der Waals surface area contributed by atoms with E-state index in [4.69, 9.17) is 10.2 Å². The molecule has 3 N–H and O–H groups in total. The maximum absolute atomic E-state index is 6.26. The molecule has 0 aliphatic carbocycles. The van der Waals surface area contributed by atoms with Gasteiger partial charge in [-0.25, -0.2) is 0 Å². The van der Waals surface area contributed by atoms with Gasteiger partial charge in [-0.05, 0) is 29.8 Å². The van der Waals surface area contributed by atoms with Gasteiger partial charge in [0.25, 0.3) is 0 Å². The predicted octanol–water partition coefficient (Wildman–Crippen LogP) is 4.66. The number of anilines is 1. The van der Waals surface area contributed by atoms with E-state index in [-0.39, 0.29) is 6.17 Å². The summed E-state index contributed by atoms with van der Waals surface area (Å²) in [6.45, 7) is 0. The molecule has 0 amide bonds. The van der Waals surface area contributed by atoms with Crippen LogP contribution in [0.5, 0.6) is 0 Å². The Labute approximate surface area is 128 Å². The van der Waals surface area contributed by atoms with Crippen molar-refractivity contribution in [2.24, 2.45) is 5.73 Å². The van der Waals surface area contributed by atoms with Gasteiger partial charge >= 0.3 is 0 Å². The average molecular weight is 288 g/mol. The maximum Gasteiger partial charge on any atom is 0.135 e. The fourth-order valence-corrected chi connectivity index (χ4v) is 2.73. The molecule has 1 aromatic heterocycles. The molecule has 22 heavy (non-hydrogen) atoms. The zero-order chi connectivity index (χ0) is 14.9. The molecule has 0 bridgehead atoms. The Morgan fingerprint density at radius 3 is 2.36 bits per heavy atom. The smallest absolute Gasteiger partial charge is 0.135 e. The first kappa shape index (κ1) is 12.9. The molecule has 0 radical (unpaired) electrons. The van der Waals surface area contributed by atoms with E-state index in [1.54, 1.807) is 0 Å². The molecule has 0 fully saturated rings. The van der Waals surface area contributed by atoms with Crippen LogP contribution >= 0.6 is 0 Å². The average Bonchev–Trinajstić information content (AvgIpc) is 2.93. The highest BCUT2D eigenvalue weighted by molar-refractivity contribution is 6.04. The van der Waals surface area contributed by atoms with Crippen molar-refractivity contribution in [1.29, 1.82) is 0 Å². The SMILES string of the molecule is NC(Nc1ccccc1)c1ccc2c(c1)oc1ccccc12. The van der Waals surface area contributed by atoms with E-state index in [0.717, 1.165) is 33.2 Å². The first-order chi connectivity index (χ1) is 10.8. The number of furan rings is 1. The van der Waals surface area contributed by atoms with Gasteiger partial charge < -0.3 is 15.5 Å². The van der Waals surface area contributed by atoms with E-state index in [1.807, 2.05) is 60.7 Å². The van der Waals surface area contributed by atoms with Crippen LogP contribution in [0.1, 0.15) is 11.7 Å². The quantitative estimate of drug-likeness (QED) is 0.539. The predicted molar refractivity (Wildman–Crippen MR) is 90.7 cm³/mol. The molecule has 0 spiro atoms. The fourth-order valence-electron chi connectivity index (χ4n) is 2.73. The molecule has 0 aliphatic heterocycles. The van der Waals surface area contributed by atoms with Gasteiger partial charge in [0.05, 0.1) is 0 Å². The number of nitrogens with two attached hydrogens (primary N) is 1. The van der Waals surface area contributed by atoms with Crippen LogP contribution in [-0.2, 0) is 0 Å². The zero-order valence-corrected chi connectivity index (χ0v) is 12.0. The molecular weight excluding hydrogens is 272 g/mol. The standard InChI is InChI=1S/C19H16N2O/c20-19(21-14-6-2-1-3-7-14)13-10-11-16-15-8-4-5-9-17(15)22-18(16)12-13/h1-12,19,21H,20H2. The van der Waals surface area contributed by atoms with Crippen molar-refractivity contribution >= 4 is 27.6 Å². The van der Waals surface area contributed by atoms with Gasteiger partial charge in [0.2, 0.25) is 0 Å². The van der Waals surface area contributed by atoms with Crippen LogP contribution in [0.3, 0.4) is 0 Å². The third-order valence-electron chi connectivity index (χ3n) is 3.86. The van der Waals surface area contributed by atoms with Crippen molar-refractivity contribution in [3.63, 3.8) is 0 Å². The van der Waals surface area contributed by atoms with Gasteiger partial charge in [-0.3, -0.25) is 0 Å². The third kappa shape index (κ3) is 2.22. The Morgan fingerprint density at radius 1 is 0.773 bits per heavy atom. The monoisotopic (exact) mass is 288 g/mol. The summed E-state index contributed by atoms with van der Waals surface area (Å²) in [5.74, 6) is 0. The van der Waals surface area contributed by atoms with Gasteiger partial charge in [0.15, 0.2) is 0 Å². The van der Waals surface area contributed by atoms with Crippen LogP contribution in [0.4, 0.5) is 5.69 Å². The molecule has 1 heterocycles. The van der Waals surface area contributed by atoms with E-state index in [9.17, 15) is 0 Å². The molecule has 3 aromatic carbocycles. The van der Waals surface area contributed by atoms with Crippen LogP contribution in [0, 0.1) is 0 Å². The molecule has 0 saturated carbocycles. The summed E-state index contributed by atoms with van der Waals surface area (Å²) in [6.07, 6.45) is -0.278. The third-order valence-corrected chi connectivity index (χ3v) is 3.86. The fraction of sp³-hybridized carbons (Fsp3) is 0.0526. The Balaban J connectivity index is 1.71. The Kier molecular flexibility index (Phi) is 3.06. The second kappa shape index (κ2) is 5.20. The minimum absolute atomic E-state index is 0.278. The molecule has 1 atom stereocenters. The normalized spacial score (nSPS) is 12.6. The minimum Gasteiger partial charge on any atom is -0.456 e. The first-order valence-corrected chi connectivity index (χ1v) is 7.29. The van der Waals surface area contributed by atoms with Crippen molar-refractivity contribution in [3.05, 3.63) is 78.4 Å². The summed E-state index contributed by atoms with van der Waals surface area (Å²) >= 11 is 0. The number of hydrogen-bond acceptors (Lipinski definition) is 3. The summed E-state index contributed by atoms with van der Waals surface area (Å²) in [4.78, 5) is 0. The summed E-state index contributed by atoms with van der Waals surface area (Å²) in [5.41, 5.74) is 10.0. The lowest BCUT2D eigenvalue weighted by atomic mass is 10.1. The largest absolute Gasteiger partial charge is 0.456 e. The Bertz CT molecular complexity index is 928. The summed E-state index contributed by atoms with van der Waals surface area (Å²) in [6, 6.07) is 24.1. The molecule has 0 saturated heterocycles. The number of hydrogen-bond donors (Lipinski definition) is 2. The zero-order valence-electron chi connectivity index (χ0n) is 12.0. The molecule has 4 rings (SSSR count). The first-order valence-electron chi connectivity index (χ1n) is 7.29. The van der Waals surface area contributed by atoms with Gasteiger partial charge in [0, 0.05) is 16.5 Å². The van der Waals surface area contributed by atoms with Crippen LogP contribution in [0.25, 0.3) is 21.9 Å². The van der Waals surface area contributed by atoms with Gasteiger partial charge in [0.1, 0.15) is 17.3 Å². The molecule has 3 heteroatoms. The highest BCUT2D eigenvalue weighted by Gasteiger charge is 2.10. The highest BCUT2D eigenvalue weighted by atomic mass is 16.3. The number of benzene rings is 3. The van der Waals surface area contributed by atoms with E-state index in [2.05, 4.69) is 17.4 Å². The van der Waals surface area contributed by atoms with Crippen LogP contribution in [-0.4, -0.2) is 0 Å². The number of fused-ring (bicyclic) bond motifs is 3. The van der Waals surface area contributed by atoms with E-state index >= 15 is 0 Å². The summed E-state index contributed by atoms with van der Waals surface area (Å²) in [5, 5.41) is 5.54. The molecular formula is C19H16N2O. The Morgan fingerprint density at radius 2 is 1.50 bits per heavy atom. The summed E-state index contributed by atoms with van der Waals surface area (Å²) < 4.78 is 5.91. The van der Waals surface area contributed by atoms with Gasteiger partial charge in [-0.15, -0.1) is 0 Å². The molecule has 0 aliphatic rings. The molecule has 108 valence electrons. The number of rotatable bonds is 3. The van der Waals surface area contributed by atoms with Crippen molar-refractivity contribution in [2.45, 2.75) is 6.17 Å². The molecule has 4 aromatic rings. The minimum atomic E-state index is -0.278. The lowest BCUT2D eigenvalue weighted by Gasteiger charge is -2.15. The lowest BCUT2D eigenvalue weighted by Crippen LogP contribution is -2.19. The number of para-hydroxylation sites is 2. The van der Waals surface area contributed by atoms with Crippen molar-refractivity contribution in [2.75, 3.05) is 5.32 Å². The Hall–Kier alpha value is -2.78. The van der Waals surface area contributed by atoms with Gasteiger partial charge in [-0.2, -0.15) is 0 Å².